The molecule has 1 aliphatic heterocycles. The zero-order valence-corrected chi connectivity index (χ0v) is 12.8. The van der Waals surface area contributed by atoms with Crippen LogP contribution in [0.25, 0.3) is 10.9 Å². The van der Waals surface area contributed by atoms with Gasteiger partial charge in [0.25, 0.3) is 5.91 Å². The summed E-state index contributed by atoms with van der Waals surface area (Å²) in [6, 6.07) is 4.43. The second kappa shape index (κ2) is 4.65. The quantitative estimate of drug-likeness (QED) is 0.721. The van der Waals surface area contributed by atoms with Crippen molar-refractivity contribution >= 4 is 16.8 Å². The first-order valence-electron chi connectivity index (χ1n) is 7.34. The Hall–Kier alpha value is -1.77. The van der Waals surface area contributed by atoms with Crippen molar-refractivity contribution in [3.05, 3.63) is 34.5 Å². The van der Waals surface area contributed by atoms with Gasteiger partial charge in [0.15, 0.2) is 0 Å². The molecule has 0 N–H and O–H groups in total. The normalized spacial score (nSPS) is 16.2. The number of rotatable bonds is 0. The number of aromatic nitrogens is 1. The van der Waals surface area contributed by atoms with Gasteiger partial charge in [0, 0.05) is 26.0 Å². The first-order chi connectivity index (χ1) is 9.50. The molecule has 1 aromatic carbocycles. The van der Waals surface area contributed by atoms with Crippen LogP contribution in [0.1, 0.15) is 40.0 Å². The van der Waals surface area contributed by atoms with E-state index in [0.717, 1.165) is 31.5 Å². The van der Waals surface area contributed by atoms with Crippen molar-refractivity contribution in [2.75, 3.05) is 13.6 Å². The summed E-state index contributed by atoms with van der Waals surface area (Å²) < 4.78 is 2.10. The Labute approximate surface area is 120 Å². The van der Waals surface area contributed by atoms with Crippen LogP contribution in [0.3, 0.4) is 0 Å². The first kappa shape index (κ1) is 13.2. The largest absolute Gasteiger partial charge is 0.340 e. The number of amides is 1. The molecule has 0 spiro atoms. The Morgan fingerprint density at radius 3 is 2.60 bits per heavy atom. The van der Waals surface area contributed by atoms with Gasteiger partial charge in [0.2, 0.25) is 0 Å². The van der Waals surface area contributed by atoms with Crippen molar-refractivity contribution < 1.29 is 4.79 Å². The van der Waals surface area contributed by atoms with E-state index in [2.05, 4.69) is 30.5 Å². The summed E-state index contributed by atoms with van der Waals surface area (Å²) in [5, 5.41) is 1.27. The standard InChI is InChI=1S/C17H22N2O/c1-11-9-12(2)15-14(10-11)13-7-5-6-8-18(3)17(20)16(13)19(15)4/h9-10H,5-8H2,1-4H3. The van der Waals surface area contributed by atoms with Crippen LogP contribution < -0.4 is 0 Å². The topological polar surface area (TPSA) is 25.2 Å². The molecule has 0 saturated heterocycles. The molecule has 0 unspecified atom stereocenters. The number of carbonyl (C=O) groups is 1. The van der Waals surface area contributed by atoms with Crippen LogP contribution in [0.2, 0.25) is 0 Å². The Bertz CT molecular complexity index is 697. The second-order valence-electron chi connectivity index (χ2n) is 6.05. The number of hydrogen-bond acceptors (Lipinski definition) is 1. The molecule has 3 heteroatoms. The Kier molecular flexibility index (Phi) is 3.08. The molecule has 0 fully saturated rings. The average Bonchev–Trinajstić information content (AvgIpc) is 2.64. The van der Waals surface area contributed by atoms with Gasteiger partial charge in [-0.05, 0) is 50.3 Å². The molecular formula is C17H22N2O. The second-order valence-corrected chi connectivity index (χ2v) is 6.05. The Morgan fingerprint density at radius 2 is 1.85 bits per heavy atom. The number of nitrogens with zero attached hydrogens (tertiary/aromatic N) is 2. The summed E-state index contributed by atoms with van der Waals surface area (Å²) in [5.74, 6) is 0.162. The zero-order valence-electron chi connectivity index (χ0n) is 12.8. The molecule has 2 heterocycles. The highest BCUT2D eigenvalue weighted by atomic mass is 16.2. The number of aryl methyl sites for hydroxylation is 4. The van der Waals surface area contributed by atoms with Gasteiger partial charge in [-0.3, -0.25) is 4.79 Å². The average molecular weight is 270 g/mol. The highest BCUT2D eigenvalue weighted by molar-refractivity contribution is 6.02. The SMILES string of the molecule is Cc1cc(C)c2c(c1)c1c(n2C)C(=O)N(C)CCCC1. The van der Waals surface area contributed by atoms with E-state index in [4.69, 9.17) is 0 Å². The van der Waals surface area contributed by atoms with Gasteiger partial charge in [0.1, 0.15) is 5.69 Å². The number of fused-ring (bicyclic) bond motifs is 3. The summed E-state index contributed by atoms with van der Waals surface area (Å²) in [7, 11) is 3.93. The number of benzene rings is 1. The van der Waals surface area contributed by atoms with E-state index in [1.54, 1.807) is 0 Å². The smallest absolute Gasteiger partial charge is 0.270 e. The molecular weight excluding hydrogens is 248 g/mol. The first-order valence-corrected chi connectivity index (χ1v) is 7.34. The fourth-order valence-electron chi connectivity index (χ4n) is 3.54. The lowest BCUT2D eigenvalue weighted by atomic mass is 9.99. The fourth-order valence-corrected chi connectivity index (χ4v) is 3.54. The molecule has 0 bridgehead atoms. The predicted octanol–water partition coefficient (Wildman–Crippen LogP) is 3.20. The van der Waals surface area contributed by atoms with E-state index in [0.29, 0.717) is 0 Å². The van der Waals surface area contributed by atoms with Crippen LogP contribution >= 0.6 is 0 Å². The van der Waals surface area contributed by atoms with Crippen LogP contribution in [0, 0.1) is 13.8 Å². The Morgan fingerprint density at radius 1 is 1.10 bits per heavy atom. The highest BCUT2D eigenvalue weighted by Gasteiger charge is 2.25. The van der Waals surface area contributed by atoms with Crippen LogP contribution in [-0.2, 0) is 13.5 Å². The Balaban J connectivity index is 2.37. The van der Waals surface area contributed by atoms with E-state index < -0.39 is 0 Å². The maximum absolute atomic E-state index is 12.7. The summed E-state index contributed by atoms with van der Waals surface area (Å²) >= 11 is 0. The maximum atomic E-state index is 12.7. The van der Waals surface area contributed by atoms with Gasteiger partial charge in [-0.25, -0.2) is 0 Å². The molecule has 2 aromatic rings. The van der Waals surface area contributed by atoms with Crippen LogP contribution in [0.15, 0.2) is 12.1 Å². The van der Waals surface area contributed by atoms with Crippen molar-refractivity contribution in [2.24, 2.45) is 7.05 Å². The van der Waals surface area contributed by atoms with E-state index in [1.165, 1.54) is 27.6 Å². The molecule has 0 saturated carbocycles. The van der Waals surface area contributed by atoms with Gasteiger partial charge in [-0.1, -0.05) is 11.6 Å². The summed E-state index contributed by atoms with van der Waals surface area (Å²) in [6.07, 6.45) is 3.24. The third kappa shape index (κ3) is 1.84. The minimum absolute atomic E-state index is 0.162. The third-order valence-corrected chi connectivity index (χ3v) is 4.45. The molecule has 1 aromatic heterocycles. The molecule has 3 rings (SSSR count). The van der Waals surface area contributed by atoms with Crippen molar-refractivity contribution in [2.45, 2.75) is 33.1 Å². The maximum Gasteiger partial charge on any atom is 0.270 e. The van der Waals surface area contributed by atoms with Gasteiger partial charge in [0.05, 0.1) is 5.52 Å². The molecule has 3 nitrogen and oxygen atoms in total. The fraction of sp³-hybridized carbons (Fsp3) is 0.471. The van der Waals surface area contributed by atoms with Crippen LogP contribution in [-0.4, -0.2) is 29.0 Å². The lowest BCUT2D eigenvalue weighted by molar-refractivity contribution is 0.0778. The molecule has 106 valence electrons. The van der Waals surface area contributed by atoms with Crippen molar-refractivity contribution in [1.29, 1.82) is 0 Å². The molecule has 0 atom stereocenters. The minimum atomic E-state index is 0.162. The molecule has 0 radical (unpaired) electrons. The van der Waals surface area contributed by atoms with Crippen molar-refractivity contribution in [3.8, 4) is 0 Å². The van der Waals surface area contributed by atoms with E-state index in [-0.39, 0.29) is 5.91 Å². The highest BCUT2D eigenvalue weighted by Crippen LogP contribution is 2.32. The molecule has 1 amide bonds. The van der Waals surface area contributed by atoms with E-state index in [1.807, 2.05) is 19.0 Å². The number of hydrogen-bond donors (Lipinski definition) is 0. The monoisotopic (exact) mass is 270 g/mol. The van der Waals surface area contributed by atoms with Gasteiger partial charge in [-0.15, -0.1) is 0 Å². The molecule has 1 aliphatic rings. The van der Waals surface area contributed by atoms with Crippen LogP contribution in [0.4, 0.5) is 0 Å². The molecule has 20 heavy (non-hydrogen) atoms. The van der Waals surface area contributed by atoms with Gasteiger partial charge in [-0.2, -0.15) is 0 Å². The summed E-state index contributed by atoms with van der Waals surface area (Å²) in [6.45, 7) is 5.12. The van der Waals surface area contributed by atoms with E-state index in [9.17, 15) is 4.79 Å². The summed E-state index contributed by atoms with van der Waals surface area (Å²) in [5.41, 5.74) is 5.86. The zero-order chi connectivity index (χ0) is 14.4. The van der Waals surface area contributed by atoms with Crippen LogP contribution in [0.5, 0.6) is 0 Å². The molecule has 0 aliphatic carbocycles. The minimum Gasteiger partial charge on any atom is -0.340 e. The van der Waals surface area contributed by atoms with Gasteiger partial charge < -0.3 is 9.47 Å². The summed E-state index contributed by atoms with van der Waals surface area (Å²) in [4.78, 5) is 14.5. The van der Waals surface area contributed by atoms with Crippen molar-refractivity contribution in [1.82, 2.24) is 9.47 Å². The third-order valence-electron chi connectivity index (χ3n) is 4.45. The van der Waals surface area contributed by atoms with Gasteiger partial charge >= 0.3 is 0 Å². The lowest BCUT2D eigenvalue weighted by Crippen LogP contribution is -2.31. The lowest BCUT2D eigenvalue weighted by Gasteiger charge is -2.21. The van der Waals surface area contributed by atoms with Crippen molar-refractivity contribution in [3.63, 3.8) is 0 Å². The van der Waals surface area contributed by atoms with E-state index >= 15 is 0 Å². The number of carbonyl (C=O) groups excluding carboxylic acids is 1. The predicted molar refractivity (Wildman–Crippen MR) is 82.3 cm³/mol.